The molecule has 2 aromatic rings. The number of aromatic amines is 1. The van der Waals surface area contributed by atoms with Gasteiger partial charge in [-0.15, -0.1) is 0 Å². The standard InChI is InChI=1S/C86H135N23O27/c1-7-10-19-52(101-82(131)63-23-17-33-109(63)85(134)60(39-71(120)121)106-73(122)51(89)18-12-14-30-87)74(123)92-42-66(113)98-56(34-46(4)5)79(128)100-54(28-29-69(116)117)78(127)103-57(36-49-40-91-45-96-49)80(129)104-59(38-70(118)119)77(126)95-44-68(115)107-72(47(6)9-3)83(132)105-58(37-64(90)111)76(125)94-41-65(112)97-55(20-11-8-2)84(133)108-32-16-22-62(108)81(130)102-53(21-13-15-31-88)75(124)93-43-67(114)99-61(86(135)136)35-48-24-26-50(110)27-25-48/h24-27,40,45-47,51-63,72,110H,7-23,28-39,41-44,87-89H2,1-6H3,(H2,90,111)(H,91,96)(H,92,123)(H,93,124)(H,94,125)(H,95,126)(H,97,112)(H,98,113)(H,99,114)(H,100,128)(H,101,131)(H,102,130)(H,103,127)(H,104,129)(H,105,132)(H,106,122)(H,107,115)(H,116,117)(H,118,119)(H,120,121)(H,135,136). The van der Waals surface area contributed by atoms with Crippen LogP contribution in [-0.4, -0.2) is 312 Å². The molecule has 0 radical (unpaired) electrons. The zero-order chi connectivity index (χ0) is 101. The van der Waals surface area contributed by atoms with E-state index in [9.17, 15) is 131 Å². The zero-order valence-electron chi connectivity index (χ0n) is 77.4. The van der Waals surface area contributed by atoms with Gasteiger partial charge in [-0.1, -0.05) is 92.2 Å². The van der Waals surface area contributed by atoms with E-state index in [1.807, 2.05) is 0 Å². The minimum absolute atomic E-state index is 0.00954. The average Bonchev–Trinajstić information content (AvgIpc) is 1.68. The lowest BCUT2D eigenvalue weighted by Gasteiger charge is -2.30. The number of rotatable bonds is 64. The van der Waals surface area contributed by atoms with E-state index in [2.05, 4.69) is 89.7 Å². The number of primary amides is 1. The quantitative estimate of drug-likeness (QED) is 0.0274. The van der Waals surface area contributed by atoms with Crippen molar-refractivity contribution in [2.45, 2.75) is 287 Å². The van der Waals surface area contributed by atoms with Crippen molar-refractivity contribution in [3.63, 3.8) is 0 Å². The van der Waals surface area contributed by atoms with Crippen LogP contribution in [-0.2, 0) is 118 Å². The number of imidazole rings is 1. The lowest BCUT2D eigenvalue weighted by atomic mass is 9.97. The molecule has 50 nitrogen and oxygen atoms in total. The third-order valence-corrected chi connectivity index (χ3v) is 22.3. The Labute approximate surface area is 785 Å². The van der Waals surface area contributed by atoms with Crippen molar-refractivity contribution in [1.29, 1.82) is 0 Å². The van der Waals surface area contributed by atoms with Crippen molar-refractivity contribution in [1.82, 2.24) is 99.5 Å². The normalized spacial score (nSPS) is 16.2. The maximum Gasteiger partial charge on any atom is 0.326 e. The van der Waals surface area contributed by atoms with Crippen LogP contribution in [0.1, 0.15) is 200 Å². The SMILES string of the molecule is CCCCC(NC(=O)C1CCCN1C(=O)C(CC(=O)O)NC(=O)C(N)CCCCN)C(=O)NCC(=O)NC(CC(C)C)C(=O)NC(CCC(=O)O)C(=O)NC(Cc1c[nH]cn1)C(=O)NC(CC(=O)O)C(=O)NCC(=O)NC(C(=O)NC(CC(N)=O)C(=O)NCC(=O)NC(CCCC)C(=O)N1CCCC1C(=O)NC(CCCCN)C(=O)NCC(=O)NC(Cc1ccc(O)cc1)C(=O)O)C(C)CC. The van der Waals surface area contributed by atoms with Gasteiger partial charge in [-0.25, -0.2) is 9.78 Å². The Balaban J connectivity index is 1.43. The number of nitrogens with zero attached hydrogens (tertiary/aromatic N) is 3. The maximum absolute atomic E-state index is 14.4. The number of aromatic nitrogens is 2. The summed E-state index contributed by atoms with van der Waals surface area (Å²) in [6.07, 6.45) is 2.23. The minimum atomic E-state index is -2.06. The molecule has 136 heavy (non-hydrogen) atoms. The molecule has 0 aliphatic carbocycles. The fraction of sp³-hybridized carbons (Fsp3) is 0.640. The molecule has 18 amide bonds. The number of aliphatic carboxylic acids is 4. The van der Waals surface area contributed by atoms with Gasteiger partial charge in [0.25, 0.3) is 0 Å². The van der Waals surface area contributed by atoms with Crippen LogP contribution in [0.2, 0.25) is 0 Å². The monoisotopic (exact) mass is 1920 g/mol. The van der Waals surface area contributed by atoms with Gasteiger partial charge in [-0.2, -0.15) is 0 Å². The van der Waals surface area contributed by atoms with E-state index in [1.54, 1.807) is 34.6 Å². The van der Waals surface area contributed by atoms with Crippen LogP contribution < -0.4 is 103 Å². The fourth-order valence-corrected chi connectivity index (χ4v) is 14.8. The van der Waals surface area contributed by atoms with E-state index < -0.39 is 285 Å². The molecule has 3 heterocycles. The molecule has 2 aliphatic rings. The highest BCUT2D eigenvalue weighted by atomic mass is 16.4. The van der Waals surface area contributed by atoms with E-state index in [-0.39, 0.29) is 101 Å². The lowest BCUT2D eigenvalue weighted by molar-refractivity contribution is -0.146. The van der Waals surface area contributed by atoms with E-state index in [0.717, 1.165) is 4.90 Å². The molecule has 50 heteroatoms. The van der Waals surface area contributed by atoms with Crippen LogP contribution in [0.4, 0.5) is 0 Å². The number of unbranched alkanes of at least 4 members (excludes halogenated alkanes) is 4. The van der Waals surface area contributed by atoms with Crippen molar-refractivity contribution in [3.05, 3.63) is 48.0 Å². The molecule has 2 fully saturated rings. The van der Waals surface area contributed by atoms with Gasteiger partial charge >= 0.3 is 23.9 Å². The number of likely N-dealkylation sites (tertiary alicyclic amines) is 2. The second kappa shape index (κ2) is 59.9. The molecule has 15 unspecified atom stereocenters. The maximum atomic E-state index is 14.4. The van der Waals surface area contributed by atoms with Crippen LogP contribution in [0.15, 0.2) is 36.8 Å². The van der Waals surface area contributed by atoms with Crippen LogP contribution >= 0.6 is 0 Å². The van der Waals surface area contributed by atoms with Crippen molar-refractivity contribution >= 4 is 130 Å². The van der Waals surface area contributed by atoms with Crippen LogP contribution in [0.25, 0.3) is 0 Å². The largest absolute Gasteiger partial charge is 0.508 e. The predicted molar refractivity (Wildman–Crippen MR) is 481 cm³/mol. The zero-order valence-corrected chi connectivity index (χ0v) is 77.4. The first kappa shape index (κ1) is 115. The number of carboxylic acids is 4. The van der Waals surface area contributed by atoms with Gasteiger partial charge < -0.3 is 143 Å². The van der Waals surface area contributed by atoms with Gasteiger partial charge in [0, 0.05) is 38.5 Å². The van der Waals surface area contributed by atoms with Crippen LogP contribution in [0.5, 0.6) is 5.75 Å². The van der Waals surface area contributed by atoms with E-state index in [1.165, 1.54) is 48.6 Å². The summed E-state index contributed by atoms with van der Waals surface area (Å²) in [5.41, 5.74) is 23.3. The predicted octanol–water partition coefficient (Wildman–Crippen LogP) is -6.49. The summed E-state index contributed by atoms with van der Waals surface area (Å²) < 4.78 is 0. The minimum Gasteiger partial charge on any atom is -0.508 e. The second-order valence-corrected chi connectivity index (χ2v) is 33.8. The topological polar surface area (TPSA) is 796 Å². The summed E-state index contributed by atoms with van der Waals surface area (Å²) >= 11 is 0. The van der Waals surface area contributed by atoms with Crippen molar-refractivity contribution in [2.75, 3.05) is 52.4 Å². The van der Waals surface area contributed by atoms with Crippen molar-refractivity contribution < 1.29 is 131 Å². The van der Waals surface area contributed by atoms with Crippen LogP contribution in [0, 0.1) is 11.8 Å². The number of phenols is 1. The van der Waals surface area contributed by atoms with Gasteiger partial charge in [-0.3, -0.25) is 101 Å². The first-order valence-electron chi connectivity index (χ1n) is 45.5. The molecule has 15 atom stereocenters. The first-order chi connectivity index (χ1) is 64.4. The number of H-pyrrole nitrogens is 1. The molecule has 0 bridgehead atoms. The van der Waals surface area contributed by atoms with Gasteiger partial charge in [0.1, 0.15) is 84.3 Å². The number of carbonyl (C=O) groups excluding carboxylic acids is 18. The molecule has 0 spiro atoms. The van der Waals surface area contributed by atoms with E-state index in [0.29, 0.717) is 69.9 Å². The summed E-state index contributed by atoms with van der Waals surface area (Å²) in [6.45, 7) is 7.25. The summed E-state index contributed by atoms with van der Waals surface area (Å²) in [7, 11) is 0. The highest BCUT2D eigenvalue weighted by Gasteiger charge is 2.43. The summed E-state index contributed by atoms with van der Waals surface area (Å²) in [5.74, 6) is -24.9. The molecular weight excluding hydrogens is 1790 g/mol. The summed E-state index contributed by atoms with van der Waals surface area (Å²) in [4.78, 5) is 306. The molecule has 4 rings (SSSR count). The van der Waals surface area contributed by atoms with E-state index in [4.69, 9.17) is 22.9 Å². The molecule has 2 saturated heterocycles. The second-order valence-electron chi connectivity index (χ2n) is 33.8. The Morgan fingerprint density at radius 3 is 1.33 bits per heavy atom. The van der Waals surface area contributed by atoms with Crippen molar-refractivity contribution in [2.24, 2.45) is 34.8 Å². The molecule has 1 aromatic heterocycles. The van der Waals surface area contributed by atoms with Gasteiger partial charge in [0.05, 0.1) is 63.5 Å². The van der Waals surface area contributed by atoms with Gasteiger partial charge in [0.15, 0.2) is 0 Å². The Bertz CT molecular complexity index is 4430. The Morgan fingerprint density at radius 2 is 0.860 bits per heavy atom. The van der Waals surface area contributed by atoms with Crippen LogP contribution in [0.3, 0.4) is 0 Å². The average molecular weight is 1920 g/mol. The molecule has 1 aromatic carbocycles. The van der Waals surface area contributed by atoms with Gasteiger partial charge in [-0.05, 0) is 126 Å². The molecular formula is C86H135N23O27. The summed E-state index contributed by atoms with van der Waals surface area (Å²) in [5, 5.41) is 85.0. The Hall–Kier alpha value is -13.5. The molecule has 2 aliphatic heterocycles. The number of phenolic OH excluding ortho intramolecular Hbond substituents is 1. The van der Waals surface area contributed by atoms with Crippen molar-refractivity contribution in [3.8, 4) is 5.75 Å². The Morgan fingerprint density at radius 1 is 0.441 bits per heavy atom. The molecule has 0 saturated carbocycles. The number of hydrogen-bond donors (Lipinski definition) is 25. The smallest absolute Gasteiger partial charge is 0.326 e. The number of benzene rings is 1. The number of hydrogen-bond acceptors (Lipinski definition) is 27. The molecule has 29 N–H and O–H groups in total. The number of nitrogens with one attached hydrogen (secondary N) is 16. The highest BCUT2D eigenvalue weighted by molar-refractivity contribution is 6.02. The highest BCUT2D eigenvalue weighted by Crippen LogP contribution is 2.24. The number of aromatic hydroxyl groups is 1. The number of carboxylic acid groups (broad SMARTS) is 4. The number of carbonyl (C=O) groups is 22. The number of amides is 18. The Kier molecular flexibility index (Phi) is 50.6. The number of nitrogens with two attached hydrogens (primary N) is 4. The third kappa shape index (κ3) is 41.1. The summed E-state index contributed by atoms with van der Waals surface area (Å²) in [6, 6.07) is -15.3. The molecule has 756 valence electrons. The van der Waals surface area contributed by atoms with Gasteiger partial charge in [0.2, 0.25) is 106 Å². The third-order valence-electron chi connectivity index (χ3n) is 22.3. The van der Waals surface area contributed by atoms with E-state index >= 15 is 0 Å². The fourth-order valence-electron chi connectivity index (χ4n) is 14.8. The lowest BCUT2D eigenvalue weighted by Crippen LogP contribution is -2.60. The first-order valence-corrected chi connectivity index (χ1v) is 45.5.